The van der Waals surface area contributed by atoms with Gasteiger partial charge in [0.25, 0.3) is 11.8 Å². The molecule has 1 heterocycles. The number of urea groups is 1. The predicted molar refractivity (Wildman–Crippen MR) is 145 cm³/mol. The van der Waals surface area contributed by atoms with E-state index < -0.39 is 23.9 Å². The molecule has 0 spiro atoms. The number of anilines is 3. The van der Waals surface area contributed by atoms with Crippen LogP contribution in [-0.4, -0.2) is 37.5 Å². The quantitative estimate of drug-likeness (QED) is 0.434. The van der Waals surface area contributed by atoms with E-state index >= 15 is 0 Å². The van der Waals surface area contributed by atoms with E-state index in [1.54, 1.807) is 41.2 Å². The molecule has 0 radical (unpaired) electrons. The number of carbonyl (C=O) groups is 3. The molecule has 8 nitrogen and oxygen atoms in total. The van der Waals surface area contributed by atoms with Crippen molar-refractivity contribution in [2.75, 3.05) is 28.8 Å². The first-order valence-corrected chi connectivity index (χ1v) is 12.3. The van der Waals surface area contributed by atoms with E-state index in [4.69, 9.17) is 4.74 Å². The van der Waals surface area contributed by atoms with E-state index in [2.05, 4.69) is 24.5 Å². The fourth-order valence-electron chi connectivity index (χ4n) is 4.21. The number of fused-ring (bicyclic) bond motifs is 1. The Labute approximate surface area is 217 Å². The fourth-order valence-corrected chi connectivity index (χ4v) is 4.21. The van der Waals surface area contributed by atoms with Crippen LogP contribution < -0.4 is 25.2 Å². The third kappa shape index (κ3) is 6.09. The van der Waals surface area contributed by atoms with Crippen LogP contribution >= 0.6 is 0 Å². The maximum Gasteiger partial charge on any atom is 0.320 e. The van der Waals surface area contributed by atoms with Crippen LogP contribution in [0, 0.1) is 5.92 Å². The van der Waals surface area contributed by atoms with Crippen molar-refractivity contribution in [3.63, 3.8) is 0 Å². The molecule has 192 valence electrons. The van der Waals surface area contributed by atoms with Gasteiger partial charge in [-0.1, -0.05) is 56.3 Å². The molecule has 8 heteroatoms. The Balaban J connectivity index is 1.70. The van der Waals surface area contributed by atoms with Gasteiger partial charge in [-0.3, -0.25) is 9.59 Å². The molecule has 1 aliphatic rings. The lowest BCUT2D eigenvalue weighted by Crippen LogP contribution is -2.56. The Morgan fingerprint density at radius 1 is 0.865 bits per heavy atom. The van der Waals surface area contributed by atoms with Crippen molar-refractivity contribution in [2.24, 2.45) is 5.92 Å². The summed E-state index contributed by atoms with van der Waals surface area (Å²) in [6.07, 6.45) is 0.746. The summed E-state index contributed by atoms with van der Waals surface area (Å²) in [4.78, 5) is 43.8. The number of nitrogens with one attached hydrogen (secondary N) is 2. The van der Waals surface area contributed by atoms with Gasteiger partial charge in [0.2, 0.25) is 0 Å². The topological polar surface area (TPSA) is 91.0 Å². The Hall–Kier alpha value is -4.33. The van der Waals surface area contributed by atoms with Gasteiger partial charge < -0.3 is 25.2 Å². The van der Waals surface area contributed by atoms with Crippen LogP contribution in [0.5, 0.6) is 5.75 Å². The van der Waals surface area contributed by atoms with Gasteiger partial charge in [-0.25, -0.2) is 4.79 Å². The SMILES string of the molecule is COc1ccc(CN2C(=O)C(NC(=O)Nc3ccccc3)C(=O)N(CCC(C)C)c3ccccc32)cc1. The number of ether oxygens (including phenoxy) is 1. The molecule has 3 aromatic carbocycles. The van der Waals surface area contributed by atoms with Crippen molar-refractivity contribution in [1.29, 1.82) is 0 Å². The number of nitrogens with zero attached hydrogens (tertiary/aromatic N) is 2. The summed E-state index contributed by atoms with van der Waals surface area (Å²) < 4.78 is 5.25. The van der Waals surface area contributed by atoms with Gasteiger partial charge in [0.1, 0.15) is 5.75 Å². The summed E-state index contributed by atoms with van der Waals surface area (Å²) in [7, 11) is 1.59. The second-order valence-electron chi connectivity index (χ2n) is 9.33. The average molecular weight is 501 g/mol. The van der Waals surface area contributed by atoms with Gasteiger partial charge >= 0.3 is 6.03 Å². The standard InChI is InChI=1S/C29H32N4O4/c1-20(2)17-18-32-24-11-7-8-12-25(24)33(19-21-13-15-23(37-3)16-14-21)28(35)26(27(32)34)31-29(36)30-22-9-5-4-6-10-22/h4-16,20,26H,17-19H2,1-3H3,(H2,30,31,36). The molecule has 0 saturated carbocycles. The molecule has 3 aromatic rings. The van der Waals surface area contributed by atoms with Crippen molar-refractivity contribution >= 4 is 34.9 Å². The molecular formula is C29H32N4O4. The first-order valence-electron chi connectivity index (χ1n) is 12.3. The molecule has 0 saturated heterocycles. The number of rotatable bonds is 8. The number of para-hydroxylation sites is 3. The number of methoxy groups -OCH3 is 1. The minimum atomic E-state index is -1.39. The lowest BCUT2D eigenvalue weighted by molar-refractivity contribution is -0.129. The normalized spacial score (nSPS) is 15.3. The van der Waals surface area contributed by atoms with Gasteiger partial charge in [-0.2, -0.15) is 0 Å². The average Bonchev–Trinajstić information content (AvgIpc) is 2.98. The zero-order chi connectivity index (χ0) is 26.4. The van der Waals surface area contributed by atoms with Crippen molar-refractivity contribution in [3.05, 3.63) is 84.4 Å². The van der Waals surface area contributed by atoms with Crippen LogP contribution in [0.1, 0.15) is 25.8 Å². The van der Waals surface area contributed by atoms with Crippen molar-refractivity contribution in [3.8, 4) is 5.75 Å². The molecule has 4 rings (SSSR count). The van der Waals surface area contributed by atoms with Crippen molar-refractivity contribution in [2.45, 2.75) is 32.9 Å². The summed E-state index contributed by atoms with van der Waals surface area (Å²) in [6, 6.07) is 21.6. The summed E-state index contributed by atoms with van der Waals surface area (Å²) in [5, 5.41) is 5.35. The van der Waals surface area contributed by atoms with Crippen LogP contribution in [0.15, 0.2) is 78.9 Å². The molecular weight excluding hydrogens is 468 g/mol. The highest BCUT2D eigenvalue weighted by atomic mass is 16.5. The molecule has 37 heavy (non-hydrogen) atoms. The predicted octanol–water partition coefficient (Wildman–Crippen LogP) is 4.81. The minimum absolute atomic E-state index is 0.226. The molecule has 1 unspecified atom stereocenters. The highest BCUT2D eigenvalue weighted by Crippen LogP contribution is 2.35. The van der Waals surface area contributed by atoms with E-state index in [-0.39, 0.29) is 6.54 Å². The van der Waals surface area contributed by atoms with Gasteiger partial charge in [-0.15, -0.1) is 0 Å². The molecule has 1 atom stereocenters. The van der Waals surface area contributed by atoms with Gasteiger partial charge in [0.05, 0.1) is 25.0 Å². The van der Waals surface area contributed by atoms with Gasteiger partial charge in [0.15, 0.2) is 6.04 Å². The monoisotopic (exact) mass is 500 g/mol. The molecule has 0 aromatic heterocycles. The van der Waals surface area contributed by atoms with Crippen LogP contribution in [-0.2, 0) is 16.1 Å². The summed E-state index contributed by atoms with van der Waals surface area (Å²) in [5.41, 5.74) is 2.68. The van der Waals surface area contributed by atoms with Gasteiger partial charge in [-0.05, 0) is 54.3 Å². The van der Waals surface area contributed by atoms with E-state index in [0.29, 0.717) is 35.3 Å². The largest absolute Gasteiger partial charge is 0.497 e. The highest BCUT2D eigenvalue weighted by Gasteiger charge is 2.41. The minimum Gasteiger partial charge on any atom is -0.497 e. The number of carbonyl (C=O) groups excluding carboxylic acids is 3. The molecule has 0 fully saturated rings. The Bertz CT molecular complexity index is 1240. The molecule has 4 amide bonds. The third-order valence-corrected chi connectivity index (χ3v) is 6.23. The van der Waals surface area contributed by atoms with Crippen molar-refractivity contribution in [1.82, 2.24) is 5.32 Å². The van der Waals surface area contributed by atoms with E-state index in [9.17, 15) is 14.4 Å². The van der Waals surface area contributed by atoms with Crippen molar-refractivity contribution < 1.29 is 19.1 Å². The summed E-state index contributed by atoms with van der Waals surface area (Å²) in [5.74, 6) is 0.0997. The van der Waals surface area contributed by atoms with Crippen LogP contribution in [0.25, 0.3) is 0 Å². The number of benzene rings is 3. The maximum atomic E-state index is 13.9. The zero-order valence-corrected chi connectivity index (χ0v) is 21.3. The summed E-state index contributed by atoms with van der Waals surface area (Å²) >= 11 is 0. The lowest BCUT2D eigenvalue weighted by Gasteiger charge is -2.26. The molecule has 1 aliphatic heterocycles. The first-order chi connectivity index (χ1) is 17.9. The first kappa shape index (κ1) is 25.8. The molecule has 0 aliphatic carbocycles. The maximum absolute atomic E-state index is 13.9. The second kappa shape index (κ2) is 11.6. The van der Waals surface area contributed by atoms with E-state index in [1.807, 2.05) is 54.6 Å². The smallest absolute Gasteiger partial charge is 0.320 e. The lowest BCUT2D eigenvalue weighted by atomic mass is 10.1. The zero-order valence-electron chi connectivity index (χ0n) is 21.3. The van der Waals surface area contributed by atoms with E-state index in [0.717, 1.165) is 12.0 Å². The number of hydrogen-bond donors (Lipinski definition) is 2. The Morgan fingerprint density at radius 2 is 1.46 bits per heavy atom. The van der Waals surface area contributed by atoms with Crippen LogP contribution in [0.4, 0.5) is 21.9 Å². The Morgan fingerprint density at radius 3 is 2.08 bits per heavy atom. The fraction of sp³-hybridized carbons (Fsp3) is 0.276. The van der Waals surface area contributed by atoms with E-state index in [1.165, 1.54) is 0 Å². The number of hydrogen-bond acceptors (Lipinski definition) is 4. The third-order valence-electron chi connectivity index (χ3n) is 6.23. The van der Waals surface area contributed by atoms with Gasteiger partial charge in [0, 0.05) is 12.2 Å². The highest BCUT2D eigenvalue weighted by molar-refractivity contribution is 6.21. The Kier molecular flexibility index (Phi) is 8.08. The number of amides is 4. The summed E-state index contributed by atoms with van der Waals surface area (Å²) in [6.45, 7) is 4.82. The molecule has 2 N–H and O–H groups in total. The van der Waals surface area contributed by atoms with Crippen LogP contribution in [0.2, 0.25) is 0 Å². The van der Waals surface area contributed by atoms with Crippen LogP contribution in [0.3, 0.4) is 0 Å². The second-order valence-corrected chi connectivity index (χ2v) is 9.33. The molecule has 0 bridgehead atoms.